The van der Waals surface area contributed by atoms with Gasteiger partial charge < -0.3 is 4.57 Å². The third-order valence-corrected chi connectivity index (χ3v) is 5.54. The van der Waals surface area contributed by atoms with Crippen molar-refractivity contribution < 1.29 is 4.39 Å². The maximum atomic E-state index is 13.4. The first-order valence-corrected chi connectivity index (χ1v) is 9.96. The lowest BCUT2D eigenvalue weighted by molar-refractivity contribution is 0.316. The van der Waals surface area contributed by atoms with Crippen molar-refractivity contribution in [2.45, 2.75) is 19.0 Å². The molecule has 1 atom stereocenters. The van der Waals surface area contributed by atoms with E-state index in [1.165, 1.54) is 17.7 Å². The Labute approximate surface area is 173 Å². The van der Waals surface area contributed by atoms with Crippen LogP contribution in [-0.4, -0.2) is 47.3 Å². The summed E-state index contributed by atoms with van der Waals surface area (Å²) in [7, 11) is 1.94. The zero-order valence-electron chi connectivity index (χ0n) is 16.7. The van der Waals surface area contributed by atoms with Crippen LogP contribution in [0, 0.1) is 5.82 Å². The van der Waals surface area contributed by atoms with E-state index in [1.54, 1.807) is 24.7 Å². The molecular formula is C22H22FN7. The third kappa shape index (κ3) is 3.61. The SMILES string of the molecule is Cn1cc(CN2CCC(n3cnc(-c4ccc(F)cc4)c3-c3ccncn3)C2)cn1. The molecule has 3 aromatic heterocycles. The van der Waals surface area contributed by atoms with Crippen LogP contribution in [0.2, 0.25) is 0 Å². The highest BCUT2D eigenvalue weighted by atomic mass is 19.1. The zero-order valence-corrected chi connectivity index (χ0v) is 16.7. The largest absolute Gasteiger partial charge is 0.324 e. The summed E-state index contributed by atoms with van der Waals surface area (Å²) in [6, 6.07) is 8.62. The number of nitrogens with zero attached hydrogens (tertiary/aromatic N) is 7. The predicted octanol–water partition coefficient (Wildman–Crippen LogP) is 3.33. The maximum Gasteiger partial charge on any atom is 0.123 e. The molecule has 0 aliphatic carbocycles. The summed E-state index contributed by atoms with van der Waals surface area (Å²) in [5.74, 6) is -0.261. The Morgan fingerprint density at radius 2 is 2.00 bits per heavy atom. The minimum atomic E-state index is -0.261. The Balaban J connectivity index is 1.47. The van der Waals surface area contributed by atoms with Crippen molar-refractivity contribution >= 4 is 0 Å². The van der Waals surface area contributed by atoms with Gasteiger partial charge in [0.25, 0.3) is 0 Å². The molecule has 1 unspecified atom stereocenters. The Kier molecular flexibility index (Phi) is 4.84. The standard InChI is InChI=1S/C22H22FN7/c1-28-11-16(10-27-28)12-29-9-7-19(13-29)30-15-26-21(17-2-4-18(23)5-3-17)22(30)20-6-8-24-14-25-20/h2-6,8,10-11,14-15,19H,7,9,12-13H2,1H3. The van der Waals surface area contributed by atoms with Crippen molar-refractivity contribution in [2.75, 3.05) is 13.1 Å². The molecule has 0 saturated carbocycles. The lowest BCUT2D eigenvalue weighted by atomic mass is 10.1. The molecule has 1 fully saturated rings. The molecule has 1 aromatic carbocycles. The van der Waals surface area contributed by atoms with Crippen LogP contribution in [0.25, 0.3) is 22.6 Å². The number of likely N-dealkylation sites (tertiary alicyclic amines) is 1. The average molecular weight is 403 g/mol. The summed E-state index contributed by atoms with van der Waals surface area (Å²) in [6.07, 6.45) is 10.2. The quantitative estimate of drug-likeness (QED) is 0.511. The zero-order chi connectivity index (χ0) is 20.5. The molecule has 1 aliphatic rings. The van der Waals surface area contributed by atoms with E-state index < -0.39 is 0 Å². The van der Waals surface area contributed by atoms with Gasteiger partial charge in [-0.3, -0.25) is 9.58 Å². The van der Waals surface area contributed by atoms with Crippen LogP contribution >= 0.6 is 0 Å². The molecule has 5 rings (SSSR count). The van der Waals surface area contributed by atoms with Crippen LogP contribution in [0.1, 0.15) is 18.0 Å². The summed E-state index contributed by atoms with van der Waals surface area (Å²) in [5, 5.41) is 4.27. The third-order valence-electron chi connectivity index (χ3n) is 5.54. The van der Waals surface area contributed by atoms with E-state index in [0.29, 0.717) is 0 Å². The summed E-state index contributed by atoms with van der Waals surface area (Å²) < 4.78 is 17.5. The van der Waals surface area contributed by atoms with Crippen LogP contribution in [0.4, 0.5) is 4.39 Å². The average Bonchev–Trinajstić information content (AvgIpc) is 3.49. The lowest BCUT2D eigenvalue weighted by Gasteiger charge is -2.18. The first-order valence-electron chi connectivity index (χ1n) is 9.96. The van der Waals surface area contributed by atoms with Gasteiger partial charge in [0.1, 0.15) is 12.1 Å². The molecule has 4 aromatic rings. The van der Waals surface area contributed by atoms with Crippen molar-refractivity contribution in [3.8, 4) is 22.6 Å². The maximum absolute atomic E-state index is 13.4. The Hall–Kier alpha value is -3.39. The molecule has 7 nitrogen and oxygen atoms in total. The molecule has 0 amide bonds. The molecule has 30 heavy (non-hydrogen) atoms. The minimum Gasteiger partial charge on any atom is -0.324 e. The normalized spacial score (nSPS) is 16.9. The number of hydrogen-bond acceptors (Lipinski definition) is 5. The second kappa shape index (κ2) is 7.79. The molecule has 8 heteroatoms. The summed E-state index contributed by atoms with van der Waals surface area (Å²) in [5.41, 5.74) is 4.64. The highest BCUT2D eigenvalue weighted by molar-refractivity contribution is 5.76. The Bertz CT molecular complexity index is 1130. The molecule has 0 spiro atoms. The monoisotopic (exact) mass is 403 g/mol. The van der Waals surface area contributed by atoms with Gasteiger partial charge in [-0.05, 0) is 36.8 Å². The molecule has 152 valence electrons. The molecule has 1 aliphatic heterocycles. The predicted molar refractivity (Wildman–Crippen MR) is 111 cm³/mol. The van der Waals surface area contributed by atoms with E-state index >= 15 is 0 Å². The molecule has 1 saturated heterocycles. The Morgan fingerprint density at radius 3 is 2.73 bits per heavy atom. The first-order chi connectivity index (χ1) is 14.7. The van der Waals surface area contributed by atoms with E-state index in [2.05, 4.69) is 30.7 Å². The molecule has 0 bridgehead atoms. The highest BCUT2D eigenvalue weighted by Crippen LogP contribution is 2.35. The molecule has 0 radical (unpaired) electrons. The van der Waals surface area contributed by atoms with Crippen LogP contribution in [0.15, 0.2) is 61.6 Å². The van der Waals surface area contributed by atoms with Crippen molar-refractivity contribution in [2.24, 2.45) is 7.05 Å². The van der Waals surface area contributed by atoms with Crippen molar-refractivity contribution in [1.29, 1.82) is 0 Å². The van der Waals surface area contributed by atoms with E-state index in [9.17, 15) is 4.39 Å². The first kappa shape index (κ1) is 18.6. The van der Waals surface area contributed by atoms with E-state index in [0.717, 1.165) is 48.7 Å². The number of rotatable bonds is 5. The molecule has 0 N–H and O–H groups in total. The molecule has 4 heterocycles. The minimum absolute atomic E-state index is 0.261. The van der Waals surface area contributed by atoms with Gasteiger partial charge in [-0.1, -0.05) is 0 Å². The van der Waals surface area contributed by atoms with Gasteiger partial charge in [0.15, 0.2) is 0 Å². The number of halogens is 1. The number of aromatic nitrogens is 6. The van der Waals surface area contributed by atoms with Gasteiger partial charge in [-0.15, -0.1) is 0 Å². The summed E-state index contributed by atoms with van der Waals surface area (Å²) in [6.45, 7) is 2.81. The van der Waals surface area contributed by atoms with Crippen LogP contribution in [0.3, 0.4) is 0 Å². The van der Waals surface area contributed by atoms with Crippen molar-refractivity contribution in [3.05, 3.63) is 73.0 Å². The van der Waals surface area contributed by atoms with Gasteiger partial charge in [-0.2, -0.15) is 5.10 Å². The van der Waals surface area contributed by atoms with Crippen LogP contribution in [0.5, 0.6) is 0 Å². The fourth-order valence-corrected chi connectivity index (χ4v) is 4.14. The fourth-order valence-electron chi connectivity index (χ4n) is 4.14. The fraction of sp³-hybridized carbons (Fsp3) is 0.273. The van der Waals surface area contributed by atoms with Gasteiger partial charge in [0, 0.05) is 56.2 Å². The number of aryl methyl sites for hydroxylation is 1. The van der Waals surface area contributed by atoms with Gasteiger partial charge in [0.2, 0.25) is 0 Å². The molecular weight excluding hydrogens is 381 g/mol. The smallest absolute Gasteiger partial charge is 0.123 e. The van der Waals surface area contributed by atoms with Crippen LogP contribution < -0.4 is 0 Å². The number of benzene rings is 1. The highest BCUT2D eigenvalue weighted by Gasteiger charge is 2.28. The van der Waals surface area contributed by atoms with E-state index in [-0.39, 0.29) is 11.9 Å². The van der Waals surface area contributed by atoms with Gasteiger partial charge in [-0.25, -0.2) is 19.3 Å². The second-order valence-electron chi connectivity index (χ2n) is 7.65. The summed E-state index contributed by atoms with van der Waals surface area (Å²) in [4.78, 5) is 15.7. The van der Waals surface area contributed by atoms with Gasteiger partial charge in [0.05, 0.1) is 29.6 Å². The van der Waals surface area contributed by atoms with Crippen LogP contribution in [-0.2, 0) is 13.6 Å². The second-order valence-corrected chi connectivity index (χ2v) is 7.65. The van der Waals surface area contributed by atoms with Crippen molar-refractivity contribution in [3.63, 3.8) is 0 Å². The Morgan fingerprint density at radius 1 is 1.13 bits per heavy atom. The van der Waals surface area contributed by atoms with Gasteiger partial charge >= 0.3 is 0 Å². The number of hydrogen-bond donors (Lipinski definition) is 0. The van der Waals surface area contributed by atoms with Crippen molar-refractivity contribution in [1.82, 2.24) is 34.2 Å². The van der Waals surface area contributed by atoms with E-state index in [4.69, 9.17) is 4.98 Å². The number of imidazole rings is 1. The topological polar surface area (TPSA) is 64.7 Å². The summed E-state index contributed by atoms with van der Waals surface area (Å²) >= 11 is 0. The lowest BCUT2D eigenvalue weighted by Crippen LogP contribution is -2.21. The van der Waals surface area contributed by atoms with E-state index in [1.807, 2.05) is 30.3 Å².